The highest BCUT2D eigenvalue weighted by atomic mass is 32.1. The lowest BCUT2D eigenvalue weighted by Gasteiger charge is -2.22. The zero-order chi connectivity index (χ0) is 12.8. The number of hydrogen-bond donors (Lipinski definition) is 1. The molecule has 0 bridgehead atoms. The summed E-state index contributed by atoms with van der Waals surface area (Å²) in [6.07, 6.45) is 2.40. The van der Waals surface area contributed by atoms with Gasteiger partial charge in [0.1, 0.15) is 0 Å². The monoisotopic (exact) mass is 259 g/mol. The molecule has 96 valence electrons. The van der Waals surface area contributed by atoms with Crippen LogP contribution in [-0.4, -0.2) is 0 Å². The number of thiophene rings is 1. The van der Waals surface area contributed by atoms with Crippen LogP contribution in [0.3, 0.4) is 0 Å². The van der Waals surface area contributed by atoms with Crippen molar-refractivity contribution in [2.45, 2.75) is 38.8 Å². The predicted octanol–water partition coefficient (Wildman–Crippen LogP) is 4.94. The molecule has 2 aromatic rings. The van der Waals surface area contributed by atoms with Crippen molar-refractivity contribution < 1.29 is 0 Å². The predicted molar refractivity (Wildman–Crippen MR) is 80.0 cm³/mol. The summed E-state index contributed by atoms with van der Waals surface area (Å²) in [5.74, 6) is 0. The molecule has 1 aromatic carbocycles. The van der Waals surface area contributed by atoms with Gasteiger partial charge in [0.25, 0.3) is 0 Å². The third-order valence-corrected chi connectivity index (χ3v) is 4.20. The summed E-state index contributed by atoms with van der Waals surface area (Å²) >= 11 is 1.85. The third kappa shape index (κ3) is 3.44. The highest BCUT2D eigenvalue weighted by molar-refractivity contribution is 7.10. The second kappa shape index (κ2) is 6.72. The number of rotatable bonds is 6. The van der Waals surface area contributed by atoms with E-state index in [4.69, 9.17) is 0 Å². The van der Waals surface area contributed by atoms with Gasteiger partial charge < -0.3 is 5.32 Å². The van der Waals surface area contributed by atoms with Gasteiger partial charge in [-0.2, -0.15) is 0 Å². The molecule has 1 nitrogen and oxygen atoms in total. The van der Waals surface area contributed by atoms with Gasteiger partial charge in [-0.3, -0.25) is 0 Å². The van der Waals surface area contributed by atoms with Crippen molar-refractivity contribution in [3.63, 3.8) is 0 Å². The van der Waals surface area contributed by atoms with E-state index in [9.17, 15) is 0 Å². The van der Waals surface area contributed by atoms with E-state index in [1.54, 1.807) is 0 Å². The highest BCUT2D eigenvalue weighted by Gasteiger charge is 2.15. The summed E-state index contributed by atoms with van der Waals surface area (Å²) in [7, 11) is 0. The summed E-state index contributed by atoms with van der Waals surface area (Å²) in [6, 6.07) is 15.9. The number of nitrogens with one attached hydrogen (secondary N) is 1. The molecule has 0 amide bonds. The minimum atomic E-state index is 0.393. The van der Waals surface area contributed by atoms with Crippen LogP contribution in [0, 0.1) is 0 Å². The molecule has 0 saturated heterocycles. The largest absolute Gasteiger partial charge is 0.303 e. The topological polar surface area (TPSA) is 12.0 Å². The molecule has 18 heavy (non-hydrogen) atoms. The van der Waals surface area contributed by atoms with E-state index in [-0.39, 0.29) is 0 Å². The molecule has 1 heterocycles. The smallest absolute Gasteiger partial charge is 0.0419 e. The van der Waals surface area contributed by atoms with Gasteiger partial charge in [0.2, 0.25) is 0 Å². The Balaban J connectivity index is 2.05. The number of benzene rings is 1. The summed E-state index contributed by atoms with van der Waals surface area (Å²) < 4.78 is 0. The Morgan fingerprint density at radius 2 is 1.89 bits per heavy atom. The third-order valence-electron chi connectivity index (χ3n) is 3.21. The Hall–Kier alpha value is -1.12. The van der Waals surface area contributed by atoms with Crippen LogP contribution in [-0.2, 0) is 0 Å². The first-order valence-corrected chi connectivity index (χ1v) is 7.53. The Morgan fingerprint density at radius 3 is 2.50 bits per heavy atom. The molecule has 0 aliphatic heterocycles. The molecule has 1 aromatic heterocycles. The fraction of sp³-hybridized carbons (Fsp3) is 0.375. The van der Waals surface area contributed by atoms with Crippen LogP contribution in [0.5, 0.6) is 0 Å². The molecule has 1 N–H and O–H groups in total. The van der Waals surface area contributed by atoms with Crippen molar-refractivity contribution in [3.8, 4) is 0 Å². The van der Waals surface area contributed by atoms with Crippen molar-refractivity contribution in [1.29, 1.82) is 0 Å². The summed E-state index contributed by atoms with van der Waals surface area (Å²) in [5.41, 5.74) is 1.36. The van der Waals surface area contributed by atoms with Crippen molar-refractivity contribution in [1.82, 2.24) is 5.32 Å². The van der Waals surface area contributed by atoms with Gasteiger partial charge in [-0.05, 0) is 30.4 Å². The minimum Gasteiger partial charge on any atom is -0.303 e. The van der Waals surface area contributed by atoms with Crippen LogP contribution in [0.4, 0.5) is 0 Å². The van der Waals surface area contributed by atoms with Gasteiger partial charge in [0.05, 0.1) is 0 Å². The fourth-order valence-electron chi connectivity index (χ4n) is 2.23. The van der Waals surface area contributed by atoms with E-state index in [0.717, 1.165) is 0 Å². The van der Waals surface area contributed by atoms with Crippen LogP contribution in [0.25, 0.3) is 0 Å². The van der Waals surface area contributed by atoms with Gasteiger partial charge in [-0.1, -0.05) is 49.7 Å². The first-order chi connectivity index (χ1) is 8.81. The van der Waals surface area contributed by atoms with Crippen LogP contribution >= 0.6 is 11.3 Å². The van der Waals surface area contributed by atoms with E-state index >= 15 is 0 Å². The second-order valence-corrected chi connectivity index (χ2v) is 5.63. The molecule has 2 heteroatoms. The summed E-state index contributed by atoms with van der Waals surface area (Å²) in [6.45, 7) is 4.49. The van der Waals surface area contributed by atoms with E-state index in [1.807, 2.05) is 11.3 Å². The Kier molecular flexibility index (Phi) is 4.97. The Morgan fingerprint density at radius 1 is 1.11 bits per heavy atom. The van der Waals surface area contributed by atoms with Gasteiger partial charge in [-0.25, -0.2) is 0 Å². The Labute approximate surface area is 114 Å². The first-order valence-electron chi connectivity index (χ1n) is 6.65. The molecule has 2 atom stereocenters. The lowest BCUT2D eigenvalue weighted by Crippen LogP contribution is -2.24. The lowest BCUT2D eigenvalue weighted by molar-refractivity contribution is 0.445. The maximum absolute atomic E-state index is 3.75. The minimum absolute atomic E-state index is 0.393. The molecule has 0 spiro atoms. The zero-order valence-corrected chi connectivity index (χ0v) is 11.9. The quantitative estimate of drug-likeness (QED) is 0.774. The average molecular weight is 259 g/mol. The van der Waals surface area contributed by atoms with Crippen LogP contribution < -0.4 is 5.32 Å². The Bertz CT molecular complexity index is 435. The summed E-state index contributed by atoms with van der Waals surface area (Å²) in [5, 5.41) is 5.91. The molecule has 0 saturated carbocycles. The first kappa shape index (κ1) is 13.3. The second-order valence-electron chi connectivity index (χ2n) is 4.66. The molecule has 0 fully saturated rings. The summed E-state index contributed by atoms with van der Waals surface area (Å²) in [4.78, 5) is 1.44. The van der Waals surface area contributed by atoms with E-state index in [1.165, 1.54) is 23.3 Å². The molecular weight excluding hydrogens is 238 g/mol. The van der Waals surface area contributed by atoms with E-state index in [2.05, 4.69) is 67.0 Å². The maximum atomic E-state index is 3.75. The standard InChI is InChI=1S/C16H21NS/c1-3-8-15(16-11-7-12-18-16)17-13(2)14-9-5-4-6-10-14/h4-7,9-13,15,17H,3,8H2,1-2H3. The van der Waals surface area contributed by atoms with Crippen molar-refractivity contribution in [2.75, 3.05) is 0 Å². The normalized spacial score (nSPS) is 14.3. The molecule has 0 radical (unpaired) electrons. The van der Waals surface area contributed by atoms with E-state index < -0.39 is 0 Å². The van der Waals surface area contributed by atoms with Gasteiger partial charge in [0, 0.05) is 17.0 Å². The van der Waals surface area contributed by atoms with Crippen LogP contribution in [0.1, 0.15) is 49.2 Å². The van der Waals surface area contributed by atoms with Crippen molar-refractivity contribution >= 4 is 11.3 Å². The van der Waals surface area contributed by atoms with Gasteiger partial charge >= 0.3 is 0 Å². The fourth-order valence-corrected chi connectivity index (χ4v) is 3.05. The lowest BCUT2D eigenvalue weighted by atomic mass is 10.0. The molecule has 0 aliphatic rings. The van der Waals surface area contributed by atoms with Gasteiger partial charge in [-0.15, -0.1) is 11.3 Å². The van der Waals surface area contributed by atoms with E-state index in [0.29, 0.717) is 12.1 Å². The average Bonchev–Trinajstić information content (AvgIpc) is 2.93. The highest BCUT2D eigenvalue weighted by Crippen LogP contribution is 2.26. The zero-order valence-electron chi connectivity index (χ0n) is 11.1. The van der Waals surface area contributed by atoms with Crippen molar-refractivity contribution in [2.24, 2.45) is 0 Å². The molecule has 2 unspecified atom stereocenters. The van der Waals surface area contributed by atoms with Gasteiger partial charge in [0.15, 0.2) is 0 Å². The SMILES string of the molecule is CCCC(NC(C)c1ccccc1)c1cccs1. The van der Waals surface area contributed by atoms with Crippen LogP contribution in [0.15, 0.2) is 47.8 Å². The number of hydrogen-bond acceptors (Lipinski definition) is 2. The molecule has 0 aliphatic carbocycles. The maximum Gasteiger partial charge on any atom is 0.0419 e. The van der Waals surface area contributed by atoms with Crippen LogP contribution in [0.2, 0.25) is 0 Å². The van der Waals surface area contributed by atoms with Crippen molar-refractivity contribution in [3.05, 3.63) is 58.3 Å². The molecular formula is C16H21NS. The molecule has 2 rings (SSSR count).